The third kappa shape index (κ3) is 3.08. The predicted octanol–water partition coefficient (Wildman–Crippen LogP) is 7.73. The van der Waals surface area contributed by atoms with Gasteiger partial charge in [-0.05, 0) is 29.5 Å². The maximum Gasteiger partial charge on any atom is 0.216 e. The van der Waals surface area contributed by atoms with Crippen LogP contribution in [0, 0.1) is 13.5 Å². The van der Waals surface area contributed by atoms with Crippen LogP contribution in [-0.4, -0.2) is 0 Å². The zero-order valence-electron chi connectivity index (χ0n) is 27.8. The fourth-order valence-corrected chi connectivity index (χ4v) is 4.00. The fraction of sp³-hybridized carbons (Fsp3) is 0.172. The highest BCUT2D eigenvalue weighted by atomic mass is 16.3. The van der Waals surface area contributed by atoms with Crippen LogP contribution >= 0.6 is 0 Å². The average Bonchev–Trinajstić information content (AvgIpc) is 3.29. The van der Waals surface area contributed by atoms with Crippen LogP contribution in [0.4, 0.5) is 5.69 Å². The summed E-state index contributed by atoms with van der Waals surface area (Å²) in [7, 11) is 1.70. The van der Waals surface area contributed by atoms with Gasteiger partial charge in [0.1, 0.15) is 18.2 Å². The molecule has 0 spiro atoms. The van der Waals surface area contributed by atoms with Crippen molar-refractivity contribution in [2.45, 2.75) is 26.6 Å². The normalized spacial score (nSPS) is 18.1. The molecule has 32 heavy (non-hydrogen) atoms. The van der Waals surface area contributed by atoms with E-state index in [1.165, 1.54) is 25.3 Å². The van der Waals surface area contributed by atoms with Gasteiger partial charge in [-0.2, -0.15) is 0 Å². The second-order valence-corrected chi connectivity index (χ2v) is 7.64. The Morgan fingerprint density at radius 2 is 1.78 bits per heavy atom. The third-order valence-electron chi connectivity index (χ3n) is 5.60. The predicted molar refractivity (Wildman–Crippen MR) is 131 cm³/mol. The van der Waals surface area contributed by atoms with Crippen molar-refractivity contribution in [1.82, 2.24) is 0 Å². The van der Waals surface area contributed by atoms with Gasteiger partial charge >= 0.3 is 0 Å². The molecule has 0 saturated carbocycles. The van der Waals surface area contributed by atoms with E-state index in [0.717, 1.165) is 5.56 Å². The van der Waals surface area contributed by atoms with Crippen LogP contribution in [0.5, 0.6) is 0 Å². The van der Waals surface area contributed by atoms with E-state index < -0.39 is 43.0 Å². The number of hydrogen-bond donors (Lipinski definition) is 0. The Kier molecular flexibility index (Phi) is 2.79. The number of aromatic nitrogens is 1. The minimum absolute atomic E-state index is 0.0122. The summed E-state index contributed by atoms with van der Waals surface area (Å²) in [5.74, 6) is -2.07. The monoisotopic (exact) mass is 427 g/mol. The lowest BCUT2D eigenvalue weighted by atomic mass is 9.96. The summed E-state index contributed by atoms with van der Waals surface area (Å²) in [6.45, 7) is 8.16. The Morgan fingerprint density at radius 1 is 1.06 bits per heavy atom. The Bertz CT molecular complexity index is 1970. The molecule has 0 aliphatic rings. The van der Waals surface area contributed by atoms with Gasteiger partial charge in [0, 0.05) is 33.9 Å². The number of furan rings is 1. The molecule has 0 radical (unpaired) electrons. The highest BCUT2D eigenvalue weighted by molar-refractivity contribution is 6.15. The van der Waals surface area contributed by atoms with Crippen molar-refractivity contribution in [2.24, 2.45) is 7.05 Å². The Hall–Kier alpha value is -3.90. The van der Waals surface area contributed by atoms with Crippen molar-refractivity contribution in [1.29, 1.82) is 0 Å². The number of rotatable bonds is 3. The lowest BCUT2D eigenvalue weighted by molar-refractivity contribution is -0.660. The van der Waals surface area contributed by atoms with Gasteiger partial charge < -0.3 is 4.42 Å². The van der Waals surface area contributed by atoms with Crippen molar-refractivity contribution >= 4 is 27.6 Å². The van der Waals surface area contributed by atoms with Crippen molar-refractivity contribution in [3.05, 3.63) is 95.3 Å². The van der Waals surface area contributed by atoms with E-state index in [0.29, 0.717) is 27.6 Å². The molecule has 2 aromatic heterocycles. The highest BCUT2D eigenvalue weighted by Crippen LogP contribution is 2.44. The molecule has 0 saturated heterocycles. The van der Waals surface area contributed by atoms with Crippen molar-refractivity contribution in [2.75, 3.05) is 0 Å². The zero-order valence-corrected chi connectivity index (χ0v) is 17.8. The quantitative estimate of drug-likeness (QED) is 0.213. The standard InChI is InChI=1S/C29H25N2O/c1-18(2)21-15-16-31(5)25(17-21)26-19(3)11-12-22-23-13-14-24(30-4)27(29(23)32-28(22)26)20-9-7-6-8-10-20/h6-18H,1-3,5H3/q+1/i1D3,6D,7D,8D,9D,10D,15D,18D. The first-order chi connectivity index (χ1) is 19.5. The lowest BCUT2D eigenvalue weighted by Gasteiger charge is -2.09. The summed E-state index contributed by atoms with van der Waals surface area (Å²) in [5.41, 5.74) is 2.31. The molecular formula is C29H25N2O+. The molecule has 0 aliphatic carbocycles. The highest BCUT2D eigenvalue weighted by Gasteiger charge is 2.23. The summed E-state index contributed by atoms with van der Waals surface area (Å²) < 4.78 is 90.3. The SMILES string of the molecule is [2H]c1c[n+](C)c(-c2c(C)ccc3c2oc2c(-c4c([2H])c([2H])c([2H])c([2H])c4[2H])c([N+]#[C-])ccc23)cc1C([2H])(C)C([2H])([2H])[2H]. The molecule has 0 aliphatic heterocycles. The van der Waals surface area contributed by atoms with Crippen LogP contribution in [0.2, 0.25) is 0 Å². The van der Waals surface area contributed by atoms with E-state index in [1.807, 2.05) is 19.1 Å². The molecule has 0 fully saturated rings. The molecule has 5 aromatic rings. The Morgan fingerprint density at radius 3 is 2.50 bits per heavy atom. The first-order valence-electron chi connectivity index (χ1n) is 15.0. The smallest absolute Gasteiger partial charge is 0.216 e. The largest absolute Gasteiger partial charge is 0.456 e. The number of fused-ring (bicyclic) bond motifs is 3. The Balaban J connectivity index is 1.92. The van der Waals surface area contributed by atoms with Crippen LogP contribution in [0.1, 0.15) is 44.5 Å². The van der Waals surface area contributed by atoms with E-state index in [9.17, 15) is 0 Å². The van der Waals surface area contributed by atoms with Crippen LogP contribution in [-0.2, 0) is 7.05 Å². The number of hydrogen-bond acceptors (Lipinski definition) is 1. The molecule has 0 bridgehead atoms. The van der Waals surface area contributed by atoms with Crippen LogP contribution in [0.3, 0.4) is 0 Å². The van der Waals surface area contributed by atoms with E-state index >= 15 is 0 Å². The van der Waals surface area contributed by atoms with Gasteiger partial charge in [-0.15, -0.1) is 0 Å². The molecule has 2 heterocycles. The van der Waals surface area contributed by atoms with Gasteiger partial charge in [-0.3, -0.25) is 0 Å². The molecule has 1 atom stereocenters. The van der Waals surface area contributed by atoms with Gasteiger partial charge in [-0.25, -0.2) is 9.41 Å². The Labute approximate surface area is 202 Å². The summed E-state index contributed by atoms with van der Waals surface area (Å²) >= 11 is 0. The zero-order chi connectivity index (χ0) is 31.0. The molecule has 3 heteroatoms. The summed E-state index contributed by atoms with van der Waals surface area (Å²) in [6, 6.07) is 5.74. The van der Waals surface area contributed by atoms with Crippen molar-refractivity contribution in [3.8, 4) is 22.4 Å². The number of pyridine rings is 1. The van der Waals surface area contributed by atoms with Crippen LogP contribution in [0.25, 0.3) is 49.2 Å². The van der Waals surface area contributed by atoms with Crippen LogP contribution < -0.4 is 4.57 Å². The maximum atomic E-state index is 8.63. The molecule has 156 valence electrons. The van der Waals surface area contributed by atoms with E-state index in [1.54, 1.807) is 17.7 Å². The number of benzene rings is 3. The van der Waals surface area contributed by atoms with Gasteiger partial charge in [0.05, 0.1) is 20.4 Å². The topological polar surface area (TPSA) is 21.4 Å². The van der Waals surface area contributed by atoms with Gasteiger partial charge in [0.25, 0.3) is 0 Å². The van der Waals surface area contributed by atoms with Gasteiger partial charge in [-0.1, -0.05) is 68.3 Å². The second kappa shape index (κ2) is 7.66. The van der Waals surface area contributed by atoms with Gasteiger partial charge in [0.15, 0.2) is 11.9 Å². The van der Waals surface area contributed by atoms with E-state index in [-0.39, 0.29) is 34.0 Å². The molecule has 3 aromatic carbocycles. The fourth-order valence-electron chi connectivity index (χ4n) is 4.00. The minimum Gasteiger partial charge on any atom is -0.456 e. The lowest BCUT2D eigenvalue weighted by Crippen LogP contribution is -2.31. The van der Waals surface area contributed by atoms with Crippen molar-refractivity contribution in [3.63, 3.8) is 0 Å². The summed E-state index contributed by atoms with van der Waals surface area (Å²) in [6.07, 6.45) is 1.44. The first-order valence-corrected chi connectivity index (χ1v) is 9.97. The molecular weight excluding hydrogens is 392 g/mol. The minimum atomic E-state index is -2.70. The second-order valence-electron chi connectivity index (χ2n) is 7.64. The van der Waals surface area contributed by atoms with E-state index in [2.05, 4.69) is 4.85 Å². The molecule has 0 amide bonds. The van der Waals surface area contributed by atoms with Crippen molar-refractivity contribution < 1.29 is 22.7 Å². The van der Waals surface area contributed by atoms with Crippen LogP contribution in [0.15, 0.2) is 77.2 Å². The molecule has 3 nitrogen and oxygen atoms in total. The average molecular weight is 428 g/mol. The maximum absolute atomic E-state index is 8.63. The first kappa shape index (κ1) is 11.6. The molecule has 1 unspecified atom stereocenters. The summed E-state index contributed by atoms with van der Waals surface area (Å²) in [4.78, 5) is 3.57. The number of aryl methyl sites for hydroxylation is 2. The molecule has 0 N–H and O–H groups in total. The third-order valence-corrected chi connectivity index (χ3v) is 5.60. The van der Waals surface area contributed by atoms with Gasteiger partial charge in [0.2, 0.25) is 5.69 Å². The molecule has 5 rings (SSSR count). The van der Waals surface area contributed by atoms with E-state index in [4.69, 9.17) is 24.7 Å². The number of nitrogens with zero attached hydrogens (tertiary/aromatic N) is 2. The summed E-state index contributed by atoms with van der Waals surface area (Å²) in [5, 5.41) is 1.17.